The zero-order valence-electron chi connectivity index (χ0n) is 30.6. The molecule has 3 saturated heterocycles. The molecule has 17 heteroatoms. The second-order valence-corrected chi connectivity index (χ2v) is 14.6. The van der Waals surface area contributed by atoms with Crippen LogP contribution in [-0.4, -0.2) is 95.9 Å². The topological polar surface area (TPSA) is 180 Å². The number of likely N-dealkylation sites (tertiary alicyclic amines) is 1. The maximum atomic E-state index is 15.2. The first-order valence-electron chi connectivity index (χ1n) is 18.7. The molecule has 286 valence electrons. The molecule has 8 heterocycles. The molecule has 5 amide bonds. The van der Waals surface area contributed by atoms with Gasteiger partial charge in [0.05, 0.1) is 29.5 Å². The lowest BCUT2D eigenvalue weighted by molar-refractivity contribution is -0.134. The Morgan fingerprint density at radius 3 is 2.55 bits per heavy atom. The Balaban J connectivity index is 0.856. The van der Waals surface area contributed by atoms with Crippen LogP contribution >= 0.6 is 0 Å². The number of amides is 5. The smallest absolute Gasteiger partial charge is 0.317 e. The second kappa shape index (κ2) is 14.9. The number of nitrogens with one attached hydrogen (secondary N) is 3. The van der Waals surface area contributed by atoms with E-state index in [0.717, 1.165) is 18.5 Å². The fourth-order valence-corrected chi connectivity index (χ4v) is 7.62. The molecule has 16 nitrogen and oxygen atoms in total. The van der Waals surface area contributed by atoms with Gasteiger partial charge in [-0.2, -0.15) is 5.10 Å². The molecule has 0 saturated carbocycles. The van der Waals surface area contributed by atoms with Gasteiger partial charge in [-0.05, 0) is 63.6 Å². The van der Waals surface area contributed by atoms with E-state index in [1.54, 1.807) is 41.4 Å². The van der Waals surface area contributed by atoms with Crippen LogP contribution < -0.4 is 25.6 Å². The van der Waals surface area contributed by atoms with Gasteiger partial charge in [-0.3, -0.25) is 19.7 Å². The number of pyridine rings is 2. The van der Waals surface area contributed by atoms with Crippen LogP contribution in [0.1, 0.15) is 85.8 Å². The number of urea groups is 1. The Morgan fingerprint density at radius 2 is 1.80 bits per heavy atom. The molecule has 1 atom stereocenters. The van der Waals surface area contributed by atoms with Gasteiger partial charge in [-0.25, -0.2) is 28.7 Å². The van der Waals surface area contributed by atoms with Crippen LogP contribution in [-0.2, 0) is 9.59 Å². The van der Waals surface area contributed by atoms with Crippen molar-refractivity contribution < 1.29 is 28.3 Å². The van der Waals surface area contributed by atoms with Crippen molar-refractivity contribution in [3.63, 3.8) is 0 Å². The van der Waals surface area contributed by atoms with Crippen LogP contribution in [0.4, 0.5) is 20.7 Å². The molecule has 3 N–H and O–H groups in total. The van der Waals surface area contributed by atoms with Crippen molar-refractivity contribution in [2.75, 3.05) is 36.4 Å². The summed E-state index contributed by atoms with van der Waals surface area (Å²) < 4.78 is 24.6. The molecule has 5 aromatic rings. The second-order valence-electron chi connectivity index (χ2n) is 14.6. The van der Waals surface area contributed by atoms with Crippen LogP contribution in [0.2, 0.25) is 0 Å². The average molecular weight is 752 g/mol. The summed E-state index contributed by atoms with van der Waals surface area (Å²) in [5, 5.41) is 12.6. The van der Waals surface area contributed by atoms with E-state index in [9.17, 15) is 19.2 Å². The van der Waals surface area contributed by atoms with Gasteiger partial charge >= 0.3 is 6.03 Å². The lowest BCUT2D eigenvalue weighted by atomic mass is 9.91. The first-order chi connectivity index (χ1) is 26.6. The van der Waals surface area contributed by atoms with Crippen molar-refractivity contribution in [1.29, 1.82) is 0 Å². The molecule has 5 aromatic heterocycles. The Kier molecular flexibility index (Phi) is 9.75. The zero-order chi connectivity index (χ0) is 38.2. The van der Waals surface area contributed by atoms with Crippen molar-refractivity contribution in [2.24, 2.45) is 0 Å². The SMILES string of the molecule is CC(C)Oc1cc2nc(C3CCN(C(=O)NC4CCN(c5ncc(C6CCC(=O)NC6=O)cc5F)CC4)CC3)cn2cc1C(=O)Nc1cnn2cccnc12. The van der Waals surface area contributed by atoms with Gasteiger partial charge in [0.2, 0.25) is 11.8 Å². The molecule has 3 fully saturated rings. The fraction of sp³-hybridized carbons (Fsp3) is 0.421. The maximum absolute atomic E-state index is 15.2. The van der Waals surface area contributed by atoms with Gasteiger partial charge in [-0.15, -0.1) is 0 Å². The van der Waals surface area contributed by atoms with Crippen molar-refractivity contribution in [3.05, 3.63) is 78.0 Å². The minimum absolute atomic E-state index is 0.0523. The lowest BCUT2D eigenvalue weighted by Crippen LogP contribution is -2.51. The van der Waals surface area contributed by atoms with Crippen LogP contribution in [0, 0.1) is 5.82 Å². The molecule has 3 aliphatic rings. The zero-order valence-corrected chi connectivity index (χ0v) is 30.6. The highest BCUT2D eigenvalue weighted by atomic mass is 19.1. The number of nitrogens with zero attached hydrogens (tertiary/aromatic N) is 8. The van der Waals surface area contributed by atoms with Crippen molar-refractivity contribution in [1.82, 2.24) is 44.5 Å². The van der Waals surface area contributed by atoms with Gasteiger partial charge in [0.15, 0.2) is 17.3 Å². The van der Waals surface area contributed by atoms with E-state index in [1.807, 2.05) is 34.2 Å². The van der Waals surface area contributed by atoms with Gasteiger partial charge in [0.25, 0.3) is 5.91 Å². The minimum Gasteiger partial charge on any atom is -0.490 e. The van der Waals surface area contributed by atoms with E-state index in [0.29, 0.717) is 79.3 Å². The van der Waals surface area contributed by atoms with Crippen molar-refractivity contribution >= 4 is 46.6 Å². The number of hydrogen-bond donors (Lipinski definition) is 3. The predicted octanol–water partition coefficient (Wildman–Crippen LogP) is 4.03. The number of piperidine rings is 3. The van der Waals surface area contributed by atoms with Crippen molar-refractivity contribution in [3.8, 4) is 5.75 Å². The van der Waals surface area contributed by atoms with E-state index in [-0.39, 0.29) is 48.1 Å². The molecule has 0 aliphatic carbocycles. The molecular weight excluding hydrogens is 709 g/mol. The van der Waals surface area contributed by atoms with Crippen LogP contribution in [0.3, 0.4) is 0 Å². The predicted molar refractivity (Wildman–Crippen MR) is 199 cm³/mol. The number of ether oxygens (including phenoxy) is 1. The summed E-state index contributed by atoms with van der Waals surface area (Å²) in [6.07, 6.45) is 13.3. The maximum Gasteiger partial charge on any atom is 0.317 e. The molecule has 0 bridgehead atoms. The third-order valence-electron chi connectivity index (χ3n) is 10.5. The number of fused-ring (bicyclic) bond motifs is 2. The van der Waals surface area contributed by atoms with Gasteiger partial charge in [-0.1, -0.05) is 0 Å². The average Bonchev–Trinajstić information content (AvgIpc) is 3.78. The number of imidazole rings is 1. The van der Waals surface area contributed by atoms with Crippen LogP contribution in [0.25, 0.3) is 11.3 Å². The molecule has 0 aromatic carbocycles. The van der Waals surface area contributed by atoms with E-state index in [1.165, 1.54) is 12.3 Å². The number of halogens is 1. The normalized spacial score (nSPS) is 18.6. The van der Waals surface area contributed by atoms with Crippen molar-refractivity contribution in [2.45, 2.75) is 76.4 Å². The van der Waals surface area contributed by atoms with E-state index < -0.39 is 17.6 Å². The first-order valence-corrected chi connectivity index (χ1v) is 18.7. The number of hydrogen-bond acceptors (Lipinski definition) is 10. The number of rotatable bonds is 8. The Morgan fingerprint density at radius 1 is 1.00 bits per heavy atom. The molecule has 3 aliphatic heterocycles. The first kappa shape index (κ1) is 35.9. The van der Waals surface area contributed by atoms with E-state index >= 15 is 4.39 Å². The summed E-state index contributed by atoms with van der Waals surface area (Å²) in [6.45, 7) is 5.98. The van der Waals surface area contributed by atoms with Gasteiger partial charge < -0.3 is 29.6 Å². The number of imide groups is 1. The third kappa shape index (κ3) is 7.50. The molecule has 1 unspecified atom stereocenters. The largest absolute Gasteiger partial charge is 0.490 e. The lowest BCUT2D eigenvalue weighted by Gasteiger charge is -2.36. The number of carbonyl (C=O) groups excluding carboxylic acids is 4. The summed E-state index contributed by atoms with van der Waals surface area (Å²) in [4.78, 5) is 67.8. The molecule has 0 radical (unpaired) electrons. The Hall–Kier alpha value is -6.13. The summed E-state index contributed by atoms with van der Waals surface area (Å²) in [7, 11) is 0. The molecular formula is C38H42FN11O5. The standard InChI is InChI=1S/C38H42FN11O5/c1-22(2)55-31-17-32-44-30(21-49(32)20-27(31)37(53)45-29-19-42-50-11-3-10-40-35(29)50)23-6-12-48(13-7-23)38(54)43-25-8-14-47(15-9-25)34-28(39)16-24(18-41-34)26-4-5-33(51)46-36(26)52/h3,10-11,16-23,25-26H,4-9,12-15H2,1-2H3,(H,43,54)(H,45,53)(H,46,51,52). The highest BCUT2D eigenvalue weighted by molar-refractivity contribution is 6.07. The number of carbonyl (C=O) groups is 4. The third-order valence-corrected chi connectivity index (χ3v) is 10.5. The van der Waals surface area contributed by atoms with Gasteiger partial charge in [0.1, 0.15) is 17.1 Å². The van der Waals surface area contributed by atoms with Crippen LogP contribution in [0.5, 0.6) is 5.75 Å². The molecule has 55 heavy (non-hydrogen) atoms. The highest BCUT2D eigenvalue weighted by Gasteiger charge is 2.31. The number of anilines is 2. The fourth-order valence-electron chi connectivity index (χ4n) is 7.62. The monoisotopic (exact) mass is 751 g/mol. The summed E-state index contributed by atoms with van der Waals surface area (Å²) in [5.74, 6) is -1.44. The highest BCUT2D eigenvalue weighted by Crippen LogP contribution is 2.32. The van der Waals surface area contributed by atoms with E-state index in [2.05, 4.69) is 31.0 Å². The quantitative estimate of drug-likeness (QED) is 0.196. The summed E-state index contributed by atoms with van der Waals surface area (Å²) in [5.41, 5.74) is 3.36. The Bertz CT molecular complexity index is 2270. The Labute approximate surface area is 315 Å². The summed E-state index contributed by atoms with van der Waals surface area (Å²) in [6, 6.07) is 4.71. The summed E-state index contributed by atoms with van der Waals surface area (Å²) >= 11 is 0. The van der Waals surface area contributed by atoms with E-state index in [4.69, 9.17) is 9.72 Å². The molecule has 8 rings (SSSR count). The minimum atomic E-state index is -0.598. The molecule has 0 spiro atoms. The van der Waals surface area contributed by atoms with Crippen LogP contribution in [0.15, 0.2) is 55.4 Å². The number of aromatic nitrogens is 6. The van der Waals surface area contributed by atoms with Gasteiger partial charge in [0, 0.05) is 81.6 Å².